The van der Waals surface area contributed by atoms with E-state index in [2.05, 4.69) is 5.32 Å². The molecule has 0 amide bonds. The smallest absolute Gasteiger partial charge is 0.307 e. The molecule has 0 aromatic heterocycles. The fourth-order valence-corrected chi connectivity index (χ4v) is 1.79. The van der Waals surface area contributed by atoms with Crippen LogP contribution in [0.4, 0.5) is 5.69 Å². The van der Waals surface area contributed by atoms with Crippen LogP contribution in [0.3, 0.4) is 0 Å². The van der Waals surface area contributed by atoms with Crippen LogP contribution in [0, 0.1) is 6.92 Å². The van der Waals surface area contributed by atoms with Gasteiger partial charge in [0.2, 0.25) is 0 Å². The molecule has 0 atom stereocenters. The number of esters is 1. The molecule has 0 aliphatic heterocycles. The molecular weight excluding hydrogens is 250 g/mol. The Balaban J connectivity index is 1.66. The Kier molecular flexibility index (Phi) is 5.18. The van der Waals surface area contributed by atoms with Gasteiger partial charge in [-0.25, -0.2) is 0 Å². The van der Waals surface area contributed by atoms with Gasteiger partial charge in [0.05, 0.1) is 6.42 Å². The second-order valence-electron chi connectivity index (χ2n) is 4.69. The van der Waals surface area contributed by atoms with Crippen molar-refractivity contribution >= 4 is 11.7 Å². The standard InChI is InChI=1S/C17H19NO2/c1-14-7-9-16(10-8-14)18-12-11-17(19)20-13-15-5-3-2-4-6-15/h2-10,18H,11-13H2,1H3. The molecule has 0 aliphatic rings. The minimum atomic E-state index is -0.187. The maximum Gasteiger partial charge on any atom is 0.307 e. The summed E-state index contributed by atoms with van der Waals surface area (Å²) in [5.74, 6) is -0.187. The molecule has 0 aliphatic carbocycles. The molecule has 0 fully saturated rings. The van der Waals surface area contributed by atoms with Crippen LogP contribution in [-0.4, -0.2) is 12.5 Å². The van der Waals surface area contributed by atoms with Crippen LogP contribution in [-0.2, 0) is 16.1 Å². The number of rotatable bonds is 6. The van der Waals surface area contributed by atoms with Gasteiger partial charge in [0, 0.05) is 12.2 Å². The number of benzene rings is 2. The molecule has 104 valence electrons. The molecule has 3 nitrogen and oxygen atoms in total. The summed E-state index contributed by atoms with van der Waals surface area (Å²) in [4.78, 5) is 11.6. The van der Waals surface area contributed by atoms with Crippen LogP contribution in [0.1, 0.15) is 17.5 Å². The number of carbonyl (C=O) groups excluding carboxylic acids is 1. The predicted octanol–water partition coefficient (Wildman–Crippen LogP) is 3.54. The highest BCUT2D eigenvalue weighted by Crippen LogP contribution is 2.08. The Morgan fingerprint density at radius 1 is 1.05 bits per heavy atom. The normalized spacial score (nSPS) is 10.1. The second kappa shape index (κ2) is 7.34. The summed E-state index contributed by atoms with van der Waals surface area (Å²) in [5.41, 5.74) is 3.25. The summed E-state index contributed by atoms with van der Waals surface area (Å²) in [5, 5.41) is 3.20. The topological polar surface area (TPSA) is 38.3 Å². The number of carbonyl (C=O) groups is 1. The minimum Gasteiger partial charge on any atom is -0.461 e. The van der Waals surface area contributed by atoms with Crippen LogP contribution >= 0.6 is 0 Å². The van der Waals surface area contributed by atoms with Gasteiger partial charge >= 0.3 is 5.97 Å². The highest BCUT2D eigenvalue weighted by molar-refractivity contribution is 5.70. The van der Waals surface area contributed by atoms with E-state index in [1.807, 2.05) is 61.5 Å². The number of ether oxygens (including phenoxy) is 1. The Morgan fingerprint density at radius 2 is 1.75 bits per heavy atom. The molecule has 0 heterocycles. The van der Waals surface area contributed by atoms with E-state index in [1.54, 1.807) is 0 Å². The first-order chi connectivity index (χ1) is 9.74. The molecule has 2 aromatic rings. The van der Waals surface area contributed by atoms with E-state index in [-0.39, 0.29) is 5.97 Å². The van der Waals surface area contributed by atoms with E-state index in [1.165, 1.54) is 5.56 Å². The first kappa shape index (κ1) is 14.1. The summed E-state index contributed by atoms with van der Waals surface area (Å²) < 4.78 is 5.21. The summed E-state index contributed by atoms with van der Waals surface area (Å²) >= 11 is 0. The van der Waals surface area contributed by atoms with E-state index in [4.69, 9.17) is 4.74 Å². The van der Waals surface area contributed by atoms with Crippen molar-refractivity contribution in [2.45, 2.75) is 20.0 Å². The average molecular weight is 269 g/mol. The molecule has 20 heavy (non-hydrogen) atoms. The largest absolute Gasteiger partial charge is 0.461 e. The Morgan fingerprint density at radius 3 is 2.45 bits per heavy atom. The quantitative estimate of drug-likeness (QED) is 0.815. The zero-order valence-electron chi connectivity index (χ0n) is 11.6. The van der Waals surface area contributed by atoms with Crippen molar-refractivity contribution in [3.63, 3.8) is 0 Å². The molecule has 0 saturated heterocycles. The fraction of sp³-hybridized carbons (Fsp3) is 0.235. The number of hydrogen-bond acceptors (Lipinski definition) is 3. The lowest BCUT2D eigenvalue weighted by Crippen LogP contribution is -2.11. The molecular formula is C17H19NO2. The maximum absolute atomic E-state index is 11.6. The Labute approximate surface area is 119 Å². The van der Waals surface area contributed by atoms with Gasteiger partial charge in [0.25, 0.3) is 0 Å². The van der Waals surface area contributed by atoms with Crippen molar-refractivity contribution in [1.82, 2.24) is 0 Å². The molecule has 2 rings (SSSR count). The lowest BCUT2D eigenvalue weighted by Gasteiger charge is -2.07. The lowest BCUT2D eigenvalue weighted by molar-refractivity contribution is -0.144. The maximum atomic E-state index is 11.6. The third kappa shape index (κ3) is 4.76. The third-order valence-electron chi connectivity index (χ3n) is 2.95. The van der Waals surface area contributed by atoms with Crippen LogP contribution in [0.5, 0.6) is 0 Å². The van der Waals surface area contributed by atoms with Crippen molar-refractivity contribution in [1.29, 1.82) is 0 Å². The number of aryl methyl sites for hydroxylation is 1. The first-order valence-corrected chi connectivity index (χ1v) is 6.74. The molecule has 0 spiro atoms. The third-order valence-corrected chi connectivity index (χ3v) is 2.95. The summed E-state index contributed by atoms with van der Waals surface area (Å²) in [6.45, 7) is 2.96. The van der Waals surface area contributed by atoms with Gasteiger partial charge in [-0.3, -0.25) is 4.79 Å². The molecule has 2 aromatic carbocycles. The number of hydrogen-bond donors (Lipinski definition) is 1. The van der Waals surface area contributed by atoms with Gasteiger partial charge in [-0.05, 0) is 24.6 Å². The molecule has 3 heteroatoms. The number of nitrogens with one attached hydrogen (secondary N) is 1. The fourth-order valence-electron chi connectivity index (χ4n) is 1.79. The van der Waals surface area contributed by atoms with E-state index in [9.17, 15) is 4.79 Å². The van der Waals surface area contributed by atoms with Gasteiger partial charge in [-0.1, -0.05) is 48.0 Å². The Hall–Kier alpha value is -2.29. The van der Waals surface area contributed by atoms with Gasteiger partial charge in [0.15, 0.2) is 0 Å². The summed E-state index contributed by atoms with van der Waals surface area (Å²) in [6.07, 6.45) is 0.362. The molecule has 0 saturated carbocycles. The highest BCUT2D eigenvalue weighted by atomic mass is 16.5. The molecule has 0 radical (unpaired) electrons. The Bertz CT molecular complexity index is 535. The summed E-state index contributed by atoms with van der Waals surface area (Å²) in [7, 11) is 0. The first-order valence-electron chi connectivity index (χ1n) is 6.74. The zero-order chi connectivity index (χ0) is 14.2. The SMILES string of the molecule is Cc1ccc(NCCC(=O)OCc2ccccc2)cc1. The van der Waals surface area contributed by atoms with Crippen molar-refractivity contribution in [2.24, 2.45) is 0 Å². The van der Waals surface area contributed by atoms with E-state index in [0.717, 1.165) is 11.3 Å². The lowest BCUT2D eigenvalue weighted by atomic mass is 10.2. The zero-order valence-corrected chi connectivity index (χ0v) is 11.6. The van der Waals surface area contributed by atoms with Crippen LogP contribution in [0.15, 0.2) is 54.6 Å². The van der Waals surface area contributed by atoms with Crippen molar-refractivity contribution in [2.75, 3.05) is 11.9 Å². The minimum absolute atomic E-state index is 0.187. The molecule has 1 N–H and O–H groups in total. The highest BCUT2D eigenvalue weighted by Gasteiger charge is 2.03. The molecule has 0 bridgehead atoms. The van der Waals surface area contributed by atoms with Gasteiger partial charge < -0.3 is 10.1 Å². The van der Waals surface area contributed by atoms with Gasteiger partial charge in [-0.2, -0.15) is 0 Å². The van der Waals surface area contributed by atoms with E-state index < -0.39 is 0 Å². The average Bonchev–Trinajstić information content (AvgIpc) is 2.48. The monoisotopic (exact) mass is 269 g/mol. The van der Waals surface area contributed by atoms with Crippen molar-refractivity contribution in [3.05, 3.63) is 65.7 Å². The van der Waals surface area contributed by atoms with E-state index >= 15 is 0 Å². The second-order valence-corrected chi connectivity index (χ2v) is 4.69. The van der Waals surface area contributed by atoms with Gasteiger partial charge in [0.1, 0.15) is 6.61 Å². The van der Waals surface area contributed by atoms with Crippen LogP contribution < -0.4 is 5.32 Å². The van der Waals surface area contributed by atoms with Crippen molar-refractivity contribution < 1.29 is 9.53 Å². The molecule has 0 unspecified atom stereocenters. The van der Waals surface area contributed by atoms with Gasteiger partial charge in [-0.15, -0.1) is 0 Å². The van der Waals surface area contributed by atoms with Crippen LogP contribution in [0.25, 0.3) is 0 Å². The van der Waals surface area contributed by atoms with Crippen LogP contribution in [0.2, 0.25) is 0 Å². The summed E-state index contributed by atoms with van der Waals surface area (Å²) in [6, 6.07) is 17.8. The number of anilines is 1. The van der Waals surface area contributed by atoms with Crippen molar-refractivity contribution in [3.8, 4) is 0 Å². The predicted molar refractivity (Wildman–Crippen MR) is 80.5 cm³/mol. The van der Waals surface area contributed by atoms with E-state index in [0.29, 0.717) is 19.6 Å².